The molecular weight excluding hydrogens is 401 g/mol. The third kappa shape index (κ3) is 6.18. The Hall–Kier alpha value is -2.17. The predicted octanol–water partition coefficient (Wildman–Crippen LogP) is 3.20. The number of ether oxygens (including phenoxy) is 1. The van der Waals surface area contributed by atoms with Gasteiger partial charge in [0.1, 0.15) is 5.60 Å². The molecule has 1 amide bonds. The average Bonchev–Trinajstić information content (AvgIpc) is 2.80. The maximum Gasteiger partial charge on any atom is 0.495 e. The molecule has 1 fully saturated rings. The van der Waals surface area contributed by atoms with Crippen molar-refractivity contribution in [1.29, 1.82) is 0 Å². The van der Waals surface area contributed by atoms with Gasteiger partial charge in [-0.05, 0) is 74.1 Å². The lowest BCUT2D eigenvalue weighted by atomic mass is 9.78. The van der Waals surface area contributed by atoms with Gasteiger partial charge in [0.25, 0.3) is 5.69 Å². The van der Waals surface area contributed by atoms with Gasteiger partial charge in [-0.15, -0.1) is 0 Å². The monoisotopic (exact) mass is 435 g/mol. The van der Waals surface area contributed by atoms with E-state index in [0.717, 1.165) is 0 Å². The van der Waals surface area contributed by atoms with Crippen molar-refractivity contribution in [2.24, 2.45) is 0 Å². The first-order valence-corrected chi connectivity index (χ1v) is 10.3. The number of rotatable bonds is 6. The Kier molecular flexibility index (Phi) is 7.09. The van der Waals surface area contributed by atoms with Gasteiger partial charge in [-0.25, -0.2) is 4.79 Å². The molecule has 2 rings (SSSR count). The highest BCUT2D eigenvalue weighted by atomic mass is 16.7. The number of carbonyl (C=O) groups is 1. The normalized spacial score (nSPS) is 17.7. The van der Waals surface area contributed by atoms with E-state index in [1.165, 1.54) is 17.0 Å². The smallest absolute Gasteiger partial charge is 0.443 e. The first kappa shape index (κ1) is 25.1. The van der Waals surface area contributed by atoms with Crippen LogP contribution in [0.5, 0.6) is 0 Å². The van der Waals surface area contributed by atoms with Crippen molar-refractivity contribution >= 4 is 30.0 Å². The number of benzene rings is 1. The molecule has 0 saturated carbocycles. The van der Waals surface area contributed by atoms with Crippen LogP contribution in [0.15, 0.2) is 18.2 Å². The largest absolute Gasteiger partial charge is 0.495 e. The minimum absolute atomic E-state index is 0.152. The number of non-ortho nitro benzene ring substituents is 1. The van der Waals surface area contributed by atoms with Gasteiger partial charge in [-0.1, -0.05) is 0 Å². The summed E-state index contributed by atoms with van der Waals surface area (Å²) in [6.45, 7) is 13.8. The van der Waals surface area contributed by atoms with E-state index >= 15 is 0 Å². The molecule has 1 aliphatic rings. The van der Waals surface area contributed by atoms with E-state index in [2.05, 4.69) is 0 Å². The number of hydrogen-bond donors (Lipinski definition) is 0. The summed E-state index contributed by atoms with van der Waals surface area (Å²) in [5, 5.41) is 11.6. The molecule has 0 aromatic heterocycles. The lowest BCUT2D eigenvalue weighted by Gasteiger charge is -2.32. The fourth-order valence-corrected chi connectivity index (χ4v) is 2.94. The molecule has 1 aromatic carbocycles. The quantitative estimate of drug-likeness (QED) is 0.385. The van der Waals surface area contributed by atoms with Gasteiger partial charge >= 0.3 is 13.2 Å². The zero-order valence-electron chi connectivity index (χ0n) is 20.0. The van der Waals surface area contributed by atoms with Gasteiger partial charge in [0, 0.05) is 25.2 Å². The Morgan fingerprint density at radius 2 is 1.65 bits per heavy atom. The Labute approximate surface area is 184 Å². The second-order valence-corrected chi connectivity index (χ2v) is 10.1. The van der Waals surface area contributed by atoms with Crippen molar-refractivity contribution in [2.75, 3.05) is 32.1 Å². The Morgan fingerprint density at radius 1 is 1.10 bits per heavy atom. The summed E-state index contributed by atoms with van der Waals surface area (Å²) in [6.07, 6.45) is -0.574. The number of likely N-dealkylation sites (N-methyl/N-ethyl adjacent to an activating group) is 1. The van der Waals surface area contributed by atoms with E-state index in [1.807, 2.05) is 46.7 Å². The van der Waals surface area contributed by atoms with E-state index in [0.29, 0.717) is 24.2 Å². The van der Waals surface area contributed by atoms with Crippen molar-refractivity contribution in [3.63, 3.8) is 0 Å². The highest BCUT2D eigenvalue weighted by Crippen LogP contribution is 2.37. The summed E-state index contributed by atoms with van der Waals surface area (Å²) in [5.41, 5.74) is -1.23. The molecule has 172 valence electrons. The van der Waals surface area contributed by atoms with Crippen LogP contribution in [0.1, 0.15) is 48.5 Å². The van der Waals surface area contributed by atoms with E-state index < -0.39 is 34.9 Å². The van der Waals surface area contributed by atoms with Crippen molar-refractivity contribution in [2.45, 2.75) is 65.3 Å². The van der Waals surface area contributed by atoms with Crippen LogP contribution in [0.4, 0.5) is 16.2 Å². The SMILES string of the molecule is CN(C)CCN(C(=O)OC(C)(C)C)c1cc(B2OC(C)(C)C(C)(C)O2)cc([N+](=O)[O-])c1. The lowest BCUT2D eigenvalue weighted by Crippen LogP contribution is -2.41. The Bertz CT molecular complexity index is 819. The van der Waals surface area contributed by atoms with Crippen LogP contribution in [-0.4, -0.2) is 67.0 Å². The van der Waals surface area contributed by atoms with Crippen LogP contribution < -0.4 is 10.4 Å². The fourth-order valence-electron chi connectivity index (χ4n) is 2.94. The molecule has 1 aliphatic heterocycles. The molecule has 0 unspecified atom stereocenters. The first-order valence-electron chi connectivity index (χ1n) is 10.3. The third-order valence-electron chi connectivity index (χ3n) is 5.36. The van der Waals surface area contributed by atoms with Crippen molar-refractivity contribution < 1.29 is 23.8 Å². The van der Waals surface area contributed by atoms with Gasteiger partial charge in [0.15, 0.2) is 0 Å². The van der Waals surface area contributed by atoms with Crippen LogP contribution in [0.3, 0.4) is 0 Å². The fraction of sp³-hybridized carbons (Fsp3) is 0.667. The summed E-state index contributed by atoms with van der Waals surface area (Å²) in [6, 6.07) is 4.48. The molecule has 0 bridgehead atoms. The number of carbonyl (C=O) groups excluding carboxylic acids is 1. The maximum atomic E-state index is 12.9. The second-order valence-electron chi connectivity index (χ2n) is 10.1. The number of nitrogens with zero attached hydrogens (tertiary/aromatic N) is 3. The first-order chi connectivity index (χ1) is 14.0. The van der Waals surface area contributed by atoms with Crippen molar-refractivity contribution in [3.8, 4) is 0 Å². The molecule has 1 heterocycles. The second kappa shape index (κ2) is 8.76. The van der Waals surface area contributed by atoms with E-state index in [1.54, 1.807) is 26.8 Å². The molecular formula is C21H34BN3O6. The number of amides is 1. The average molecular weight is 435 g/mol. The highest BCUT2D eigenvalue weighted by molar-refractivity contribution is 6.62. The zero-order chi connectivity index (χ0) is 23.8. The van der Waals surface area contributed by atoms with Crippen LogP contribution in [-0.2, 0) is 14.0 Å². The maximum absolute atomic E-state index is 12.9. The molecule has 9 nitrogen and oxygen atoms in total. The lowest BCUT2D eigenvalue weighted by molar-refractivity contribution is -0.384. The van der Waals surface area contributed by atoms with E-state index in [-0.39, 0.29) is 5.69 Å². The molecule has 31 heavy (non-hydrogen) atoms. The minimum Gasteiger partial charge on any atom is -0.443 e. The topological polar surface area (TPSA) is 94.4 Å². The van der Waals surface area contributed by atoms with Crippen molar-refractivity contribution in [1.82, 2.24) is 4.90 Å². The molecule has 0 spiro atoms. The van der Waals surface area contributed by atoms with Gasteiger partial charge in [-0.3, -0.25) is 15.0 Å². The van der Waals surface area contributed by atoms with Gasteiger partial charge in [0.05, 0.1) is 21.8 Å². The molecule has 0 atom stereocenters. The molecule has 1 saturated heterocycles. The van der Waals surface area contributed by atoms with E-state index in [4.69, 9.17) is 14.0 Å². The summed E-state index contributed by atoms with van der Waals surface area (Å²) in [7, 11) is 2.98. The van der Waals surface area contributed by atoms with Crippen LogP contribution in [0, 0.1) is 10.1 Å². The van der Waals surface area contributed by atoms with Crippen LogP contribution in [0.25, 0.3) is 0 Å². The summed E-state index contributed by atoms with van der Waals surface area (Å²) in [4.78, 5) is 27.4. The minimum atomic E-state index is -0.794. The number of hydrogen-bond acceptors (Lipinski definition) is 7. The molecule has 0 N–H and O–H groups in total. The van der Waals surface area contributed by atoms with Gasteiger partial charge in [-0.2, -0.15) is 0 Å². The third-order valence-corrected chi connectivity index (χ3v) is 5.36. The summed E-state index contributed by atoms with van der Waals surface area (Å²) < 4.78 is 17.7. The predicted molar refractivity (Wildman–Crippen MR) is 121 cm³/mol. The number of anilines is 1. The van der Waals surface area contributed by atoms with Crippen LogP contribution >= 0.6 is 0 Å². The molecule has 10 heteroatoms. The van der Waals surface area contributed by atoms with E-state index in [9.17, 15) is 14.9 Å². The molecule has 0 aliphatic carbocycles. The van der Waals surface area contributed by atoms with Gasteiger partial charge in [0.2, 0.25) is 0 Å². The van der Waals surface area contributed by atoms with Crippen LogP contribution in [0.2, 0.25) is 0 Å². The Balaban J connectivity index is 2.50. The number of nitro groups is 1. The standard InChI is InChI=1S/C21H34BN3O6/c1-19(2,3)29-18(26)24(11-10-23(8)9)16-12-15(13-17(14-16)25(27)28)22-30-20(4,5)21(6,7)31-22/h12-14H,10-11H2,1-9H3. The Morgan fingerprint density at radius 3 is 2.10 bits per heavy atom. The number of nitro benzene ring substituents is 1. The highest BCUT2D eigenvalue weighted by Gasteiger charge is 2.52. The van der Waals surface area contributed by atoms with Crippen molar-refractivity contribution in [3.05, 3.63) is 28.3 Å². The summed E-state index contributed by atoms with van der Waals surface area (Å²) in [5.74, 6) is 0. The zero-order valence-corrected chi connectivity index (χ0v) is 20.0. The van der Waals surface area contributed by atoms with Gasteiger partial charge < -0.3 is 18.9 Å². The summed E-state index contributed by atoms with van der Waals surface area (Å²) >= 11 is 0. The molecule has 1 aromatic rings. The molecule has 0 radical (unpaired) electrons.